The average Bonchev–Trinajstić information content (AvgIpc) is 3.65. The number of aryl methyl sites for hydroxylation is 2. The zero-order chi connectivity index (χ0) is 25.8. The zero-order valence-electron chi connectivity index (χ0n) is 23.8. The zero-order valence-corrected chi connectivity index (χ0v) is 23.8. The van der Waals surface area contributed by atoms with Gasteiger partial charge >= 0.3 is 37.7 Å². The first-order valence-corrected chi connectivity index (χ1v) is 11.3. The summed E-state index contributed by atoms with van der Waals surface area (Å²) in [6.45, 7) is 7.94. The molecule has 1 aliphatic rings. The van der Waals surface area contributed by atoms with Crippen LogP contribution in [0.1, 0.15) is 59.2 Å². The van der Waals surface area contributed by atoms with Gasteiger partial charge in [-0.25, -0.2) is 19.3 Å². The molecule has 0 aliphatic carbocycles. The van der Waals surface area contributed by atoms with E-state index >= 15 is 0 Å². The van der Waals surface area contributed by atoms with E-state index in [1.807, 2.05) is 0 Å². The summed E-state index contributed by atoms with van der Waals surface area (Å²) in [4.78, 5) is 45.5. The van der Waals surface area contributed by atoms with Crippen molar-refractivity contribution >= 4 is 12.1 Å². The molecule has 4 aromatic heterocycles. The Balaban J connectivity index is -0.000000545. The van der Waals surface area contributed by atoms with Crippen molar-refractivity contribution in [1.29, 1.82) is 0 Å². The van der Waals surface area contributed by atoms with Crippen LogP contribution in [0.15, 0.2) is 37.2 Å². The van der Waals surface area contributed by atoms with Crippen LogP contribution in [-0.2, 0) is 22.6 Å². The number of carbonyl (C=O) groups is 1. The van der Waals surface area contributed by atoms with E-state index < -0.39 is 0 Å². The van der Waals surface area contributed by atoms with Crippen molar-refractivity contribution in [3.05, 3.63) is 71.9 Å². The van der Waals surface area contributed by atoms with Gasteiger partial charge in [-0.1, -0.05) is 0 Å². The molecule has 0 radical (unpaired) electrons. The molecule has 5 heterocycles. The Morgan fingerprint density at radius 1 is 0.854 bits per heavy atom. The minimum Gasteiger partial charge on any atom is -0.870 e. The molecule has 0 bridgehead atoms. The van der Waals surface area contributed by atoms with Crippen LogP contribution in [0.2, 0.25) is 0 Å². The Hall–Kier alpha value is -3.19. The number of carbonyl (C=O) groups excluding carboxylic acids is 2. The van der Waals surface area contributed by atoms with Crippen LogP contribution >= 0.6 is 0 Å². The van der Waals surface area contributed by atoms with Gasteiger partial charge in [-0.2, -0.15) is 11.4 Å². The van der Waals surface area contributed by atoms with Crippen molar-refractivity contribution in [3.8, 4) is 0 Å². The van der Waals surface area contributed by atoms with E-state index in [9.17, 15) is 9.59 Å². The first kappa shape index (κ1) is 42.3. The molecule has 4 aromatic rings. The van der Waals surface area contributed by atoms with E-state index in [2.05, 4.69) is 40.1 Å². The first-order chi connectivity index (χ1) is 17.5. The van der Waals surface area contributed by atoms with Gasteiger partial charge in [0, 0.05) is 50.7 Å². The predicted molar refractivity (Wildman–Crippen MR) is 134 cm³/mol. The van der Waals surface area contributed by atoms with Gasteiger partial charge in [-0.05, 0) is 26.7 Å². The van der Waals surface area contributed by atoms with Gasteiger partial charge < -0.3 is 26.0 Å². The Kier molecular flexibility index (Phi) is 23.2. The Labute approximate surface area is 261 Å². The first-order valence-electron chi connectivity index (χ1n) is 11.3. The molecule has 0 atom stereocenters. The number of hydrogen-bond acceptors (Lipinski definition) is 13. The van der Waals surface area contributed by atoms with Gasteiger partial charge in [0.2, 0.25) is 5.82 Å². The van der Waals surface area contributed by atoms with Gasteiger partial charge in [0.15, 0.2) is 5.78 Å². The summed E-state index contributed by atoms with van der Waals surface area (Å²) in [5.74, 6) is 1.51. The van der Waals surface area contributed by atoms with Gasteiger partial charge in [0.1, 0.15) is 11.6 Å². The minimum atomic E-state index is -0.138. The standard InChI is InChI=1S/C10H11N5O.C9H8N5O.C4H8O.2Li.3H2O/c1-7(16)10-13-8(2)15(14-10)6-9-5-11-3-4-12-9;1-7-12-9(6-15)13-14(7)5-8-4-10-2-3-11-8;1-2-4-5-3-1;;;;;/h3-5H,6H2,1-2H3;2-4H,5H2,1H3;1-4H2;;;3*1H2/q;-1;;2*+1;;;/p-2. The molecule has 0 saturated carbocycles. The second kappa shape index (κ2) is 22.5. The van der Waals surface area contributed by atoms with E-state index in [4.69, 9.17) is 4.74 Å². The Morgan fingerprint density at radius 3 is 1.68 bits per heavy atom. The van der Waals surface area contributed by atoms with Crippen LogP contribution < -0.4 is 37.7 Å². The van der Waals surface area contributed by atoms with Crippen molar-refractivity contribution in [2.24, 2.45) is 0 Å². The van der Waals surface area contributed by atoms with Gasteiger partial charge in [-0.3, -0.25) is 24.7 Å². The topological polar surface area (TPSA) is 248 Å². The van der Waals surface area contributed by atoms with Crippen LogP contribution in [0.25, 0.3) is 0 Å². The number of ether oxygens (including phenoxy) is 1. The summed E-state index contributed by atoms with van der Waals surface area (Å²) in [6, 6.07) is 0. The third-order valence-corrected chi connectivity index (χ3v) is 4.80. The van der Waals surface area contributed by atoms with Crippen LogP contribution in [0.5, 0.6) is 0 Å². The summed E-state index contributed by atoms with van der Waals surface area (Å²) in [6.07, 6.45) is 13.9. The van der Waals surface area contributed by atoms with Crippen molar-refractivity contribution in [2.75, 3.05) is 13.2 Å². The van der Waals surface area contributed by atoms with Crippen LogP contribution in [0, 0.1) is 13.8 Å². The quantitative estimate of drug-likeness (QED) is 0.122. The molecular weight excluding hydrogens is 526 g/mol. The normalized spacial score (nSPS) is 10.7. The largest absolute Gasteiger partial charge is 1.00 e. The molecule has 1 fully saturated rings. The maximum absolute atomic E-state index is 11.1. The second-order valence-corrected chi connectivity index (χ2v) is 7.65. The van der Waals surface area contributed by atoms with E-state index in [-0.39, 0.29) is 71.6 Å². The fourth-order valence-corrected chi connectivity index (χ4v) is 2.97. The SMILES string of the molecule is C1CCOC1.CC(=O)c1nc(C)n(Cc2cnccn2)n1.Cc1nc([C-]=O)nn1Cc1cnccn1.O.[Li+].[Li+].[OH-].[OH-]. The third kappa shape index (κ3) is 14.3. The molecule has 18 heteroatoms. The third-order valence-electron chi connectivity index (χ3n) is 4.80. The van der Waals surface area contributed by atoms with Crippen LogP contribution in [0.4, 0.5) is 0 Å². The monoisotopic (exact) mass is 557 g/mol. The van der Waals surface area contributed by atoms with Gasteiger partial charge in [0.25, 0.3) is 0 Å². The average molecular weight is 557 g/mol. The molecule has 212 valence electrons. The van der Waals surface area contributed by atoms with E-state index in [0.29, 0.717) is 24.7 Å². The number of Topliss-reactive ketones (excluding diaryl/α,β-unsaturated/α-hetero) is 1. The van der Waals surface area contributed by atoms with E-state index in [1.54, 1.807) is 66.7 Å². The molecule has 0 spiro atoms. The molecule has 0 unspecified atom stereocenters. The number of rotatable bonds is 6. The molecular formula is C23H31Li2N10O6-. The number of hydrogen-bond donors (Lipinski definition) is 0. The molecule has 0 amide bonds. The summed E-state index contributed by atoms with van der Waals surface area (Å²) >= 11 is 0. The van der Waals surface area contributed by atoms with Crippen LogP contribution in [-0.4, -0.2) is 91.2 Å². The minimum absolute atomic E-state index is 0. The van der Waals surface area contributed by atoms with Crippen LogP contribution in [0.3, 0.4) is 0 Å². The molecule has 5 rings (SSSR count). The molecule has 4 N–H and O–H groups in total. The summed E-state index contributed by atoms with van der Waals surface area (Å²) < 4.78 is 8.17. The molecule has 1 saturated heterocycles. The van der Waals surface area contributed by atoms with Crippen molar-refractivity contribution in [3.63, 3.8) is 0 Å². The van der Waals surface area contributed by atoms with E-state index in [0.717, 1.165) is 24.6 Å². The summed E-state index contributed by atoms with van der Waals surface area (Å²) in [7, 11) is 0. The van der Waals surface area contributed by atoms with Gasteiger partial charge in [-0.15, -0.1) is 5.10 Å². The van der Waals surface area contributed by atoms with E-state index in [1.165, 1.54) is 19.8 Å². The number of nitrogens with zero attached hydrogens (tertiary/aromatic N) is 10. The Bertz CT molecular complexity index is 1250. The fourth-order valence-electron chi connectivity index (χ4n) is 2.97. The summed E-state index contributed by atoms with van der Waals surface area (Å²) in [5.41, 5.74) is 1.55. The molecule has 1 aliphatic heterocycles. The predicted octanol–water partition coefficient (Wildman–Crippen LogP) is -5.86. The maximum atomic E-state index is 11.1. The maximum Gasteiger partial charge on any atom is 1.00 e. The summed E-state index contributed by atoms with van der Waals surface area (Å²) in [5, 5.41) is 8.03. The smallest absolute Gasteiger partial charge is 0.870 e. The van der Waals surface area contributed by atoms with Gasteiger partial charge in [0.05, 0.1) is 36.9 Å². The van der Waals surface area contributed by atoms with Crippen molar-refractivity contribution in [1.82, 2.24) is 49.5 Å². The number of aromatic nitrogens is 10. The fraction of sp³-hybridized carbons (Fsp3) is 0.391. The number of ketones is 1. The van der Waals surface area contributed by atoms with Crippen molar-refractivity contribution < 1.29 is 68.5 Å². The molecule has 41 heavy (non-hydrogen) atoms. The van der Waals surface area contributed by atoms with Crippen molar-refractivity contribution in [2.45, 2.75) is 46.7 Å². The molecule has 16 nitrogen and oxygen atoms in total. The second-order valence-electron chi connectivity index (χ2n) is 7.65. The Morgan fingerprint density at radius 2 is 1.34 bits per heavy atom. The molecule has 0 aromatic carbocycles.